The smallest absolute Gasteiger partial charge is 0.0652 e. The summed E-state index contributed by atoms with van der Waals surface area (Å²) in [5.74, 6) is 0. The maximum Gasteiger partial charge on any atom is 0.0652 e. The van der Waals surface area contributed by atoms with Crippen LogP contribution >= 0.6 is 22.6 Å². The fourth-order valence-electron chi connectivity index (χ4n) is 2.10. The Hall–Kier alpha value is -0.170. The third kappa shape index (κ3) is 5.02. The first-order valence-corrected chi connectivity index (χ1v) is 7.98. The number of benzene rings is 1. The number of rotatable bonds is 8. The molecule has 0 heterocycles. The second kappa shape index (κ2) is 8.19. The first kappa shape index (κ1) is 16.9. The summed E-state index contributed by atoms with van der Waals surface area (Å²) in [6, 6.07) is 8.33. The molecule has 1 aromatic carbocycles. The highest BCUT2D eigenvalue weighted by atomic mass is 127. The average molecular weight is 376 g/mol. The Morgan fingerprint density at radius 1 is 1.21 bits per heavy atom. The van der Waals surface area contributed by atoms with E-state index in [1.165, 1.54) is 3.57 Å². The van der Waals surface area contributed by atoms with Crippen LogP contribution in [0.25, 0.3) is 0 Å². The van der Waals surface area contributed by atoms with Gasteiger partial charge in [-0.15, -0.1) is 0 Å². The quantitative estimate of drug-likeness (QED) is 0.685. The molecule has 0 fully saturated rings. The van der Waals surface area contributed by atoms with Crippen LogP contribution in [-0.4, -0.2) is 42.8 Å². The van der Waals surface area contributed by atoms with Gasteiger partial charge >= 0.3 is 0 Å². The Morgan fingerprint density at radius 2 is 1.79 bits per heavy atom. The number of halogens is 1. The lowest BCUT2D eigenvalue weighted by molar-refractivity contribution is 0.168. The van der Waals surface area contributed by atoms with Gasteiger partial charge in [-0.25, -0.2) is 0 Å². The zero-order chi connectivity index (χ0) is 14.3. The van der Waals surface area contributed by atoms with Crippen molar-refractivity contribution in [1.82, 2.24) is 10.2 Å². The number of hydrogen-bond acceptors (Lipinski definition) is 3. The molecule has 2 N–H and O–H groups in total. The van der Waals surface area contributed by atoms with E-state index in [0.717, 1.165) is 31.7 Å². The molecule has 1 rings (SSSR count). The Morgan fingerprint density at radius 3 is 2.26 bits per heavy atom. The van der Waals surface area contributed by atoms with Crippen molar-refractivity contribution in [2.45, 2.75) is 26.3 Å². The molecule has 1 atom stereocenters. The van der Waals surface area contributed by atoms with Crippen LogP contribution in [-0.2, 0) is 5.54 Å². The van der Waals surface area contributed by atoms with Gasteiger partial charge in [-0.2, -0.15) is 0 Å². The van der Waals surface area contributed by atoms with E-state index in [2.05, 4.69) is 77.8 Å². The average Bonchev–Trinajstić information content (AvgIpc) is 2.44. The lowest BCUT2D eigenvalue weighted by atomic mass is 9.93. The van der Waals surface area contributed by atoms with E-state index >= 15 is 0 Å². The first-order valence-electron chi connectivity index (χ1n) is 6.90. The Bertz CT molecular complexity index is 365. The largest absolute Gasteiger partial charge is 0.394 e. The second-order valence-electron chi connectivity index (χ2n) is 4.95. The van der Waals surface area contributed by atoms with E-state index in [9.17, 15) is 5.11 Å². The van der Waals surface area contributed by atoms with E-state index in [-0.39, 0.29) is 12.1 Å². The van der Waals surface area contributed by atoms with E-state index in [0.29, 0.717) is 0 Å². The van der Waals surface area contributed by atoms with Gasteiger partial charge in [0.15, 0.2) is 0 Å². The lowest BCUT2D eigenvalue weighted by Gasteiger charge is -2.31. The van der Waals surface area contributed by atoms with Gasteiger partial charge in [0, 0.05) is 16.7 Å². The zero-order valence-corrected chi connectivity index (χ0v) is 14.3. The Labute approximate surface area is 130 Å². The maximum absolute atomic E-state index is 9.71. The van der Waals surface area contributed by atoms with Crippen molar-refractivity contribution >= 4 is 22.6 Å². The maximum atomic E-state index is 9.71. The molecule has 0 saturated carbocycles. The predicted octanol–water partition coefficient (Wildman–Crippen LogP) is 2.43. The number of likely N-dealkylation sites (N-methyl/N-ethyl adjacent to an activating group) is 1. The van der Waals surface area contributed by atoms with Gasteiger partial charge in [0.2, 0.25) is 0 Å². The van der Waals surface area contributed by atoms with Crippen molar-refractivity contribution in [3.8, 4) is 0 Å². The zero-order valence-electron chi connectivity index (χ0n) is 12.1. The SMILES string of the molecule is CCN(CC)CCNC(C)(CO)c1ccc(I)cc1. The molecule has 0 saturated heterocycles. The molecule has 0 amide bonds. The van der Waals surface area contributed by atoms with Crippen LogP contribution < -0.4 is 5.32 Å². The summed E-state index contributed by atoms with van der Waals surface area (Å²) >= 11 is 2.29. The van der Waals surface area contributed by atoms with E-state index in [1.54, 1.807) is 0 Å². The normalized spacial score (nSPS) is 14.6. The summed E-state index contributed by atoms with van der Waals surface area (Å²) in [6.45, 7) is 10.5. The van der Waals surface area contributed by atoms with Crippen LogP contribution in [0.2, 0.25) is 0 Å². The highest BCUT2D eigenvalue weighted by molar-refractivity contribution is 14.1. The number of nitrogens with one attached hydrogen (secondary N) is 1. The van der Waals surface area contributed by atoms with Gasteiger partial charge in [0.1, 0.15) is 0 Å². The monoisotopic (exact) mass is 376 g/mol. The summed E-state index contributed by atoms with van der Waals surface area (Å²) in [5.41, 5.74) is 0.771. The third-order valence-electron chi connectivity index (χ3n) is 3.64. The van der Waals surface area contributed by atoms with Gasteiger partial charge in [-0.3, -0.25) is 0 Å². The molecule has 4 heteroatoms. The minimum atomic E-state index is -0.364. The van der Waals surface area contributed by atoms with Crippen molar-refractivity contribution in [1.29, 1.82) is 0 Å². The van der Waals surface area contributed by atoms with Crippen molar-refractivity contribution in [3.63, 3.8) is 0 Å². The van der Waals surface area contributed by atoms with Gasteiger partial charge in [-0.05, 0) is 60.3 Å². The number of aliphatic hydroxyl groups is 1. The van der Waals surface area contributed by atoms with Gasteiger partial charge in [-0.1, -0.05) is 26.0 Å². The summed E-state index contributed by atoms with van der Waals surface area (Å²) < 4.78 is 1.21. The minimum absolute atomic E-state index is 0.103. The van der Waals surface area contributed by atoms with E-state index in [4.69, 9.17) is 0 Å². The fourth-order valence-corrected chi connectivity index (χ4v) is 2.46. The van der Waals surface area contributed by atoms with Crippen LogP contribution in [0.15, 0.2) is 24.3 Å². The fraction of sp³-hybridized carbons (Fsp3) is 0.600. The summed E-state index contributed by atoms with van der Waals surface area (Å²) in [4.78, 5) is 2.37. The number of nitrogens with zero attached hydrogens (tertiary/aromatic N) is 1. The molecule has 0 spiro atoms. The van der Waals surface area contributed by atoms with Crippen LogP contribution in [0.5, 0.6) is 0 Å². The van der Waals surface area contributed by atoms with Gasteiger partial charge in [0.25, 0.3) is 0 Å². The molecular formula is C15H25IN2O. The van der Waals surface area contributed by atoms with E-state index < -0.39 is 0 Å². The molecule has 0 bridgehead atoms. The molecule has 0 aromatic heterocycles. The van der Waals surface area contributed by atoms with Crippen molar-refractivity contribution < 1.29 is 5.11 Å². The molecule has 0 aliphatic carbocycles. The lowest BCUT2D eigenvalue weighted by Crippen LogP contribution is -2.46. The summed E-state index contributed by atoms with van der Waals surface area (Å²) in [6.07, 6.45) is 0. The van der Waals surface area contributed by atoms with Crippen molar-refractivity contribution in [2.75, 3.05) is 32.8 Å². The Balaban J connectivity index is 2.62. The number of hydrogen-bond donors (Lipinski definition) is 2. The van der Waals surface area contributed by atoms with Crippen LogP contribution in [0.4, 0.5) is 0 Å². The van der Waals surface area contributed by atoms with Crippen LogP contribution in [0.3, 0.4) is 0 Å². The number of aliphatic hydroxyl groups excluding tert-OH is 1. The minimum Gasteiger partial charge on any atom is -0.394 e. The van der Waals surface area contributed by atoms with Crippen molar-refractivity contribution in [2.24, 2.45) is 0 Å². The van der Waals surface area contributed by atoms with Gasteiger partial charge in [0.05, 0.1) is 12.1 Å². The second-order valence-corrected chi connectivity index (χ2v) is 6.20. The first-order chi connectivity index (χ1) is 9.05. The topological polar surface area (TPSA) is 35.5 Å². The van der Waals surface area contributed by atoms with Crippen LogP contribution in [0, 0.1) is 3.57 Å². The molecule has 1 unspecified atom stereocenters. The molecular weight excluding hydrogens is 351 g/mol. The highest BCUT2D eigenvalue weighted by Crippen LogP contribution is 2.21. The highest BCUT2D eigenvalue weighted by Gasteiger charge is 2.24. The van der Waals surface area contributed by atoms with Crippen molar-refractivity contribution in [3.05, 3.63) is 33.4 Å². The predicted molar refractivity (Wildman–Crippen MR) is 89.4 cm³/mol. The molecule has 108 valence electrons. The van der Waals surface area contributed by atoms with Gasteiger partial charge < -0.3 is 15.3 Å². The molecule has 3 nitrogen and oxygen atoms in total. The molecule has 0 radical (unpaired) electrons. The molecule has 1 aromatic rings. The van der Waals surface area contributed by atoms with Crippen LogP contribution in [0.1, 0.15) is 26.3 Å². The summed E-state index contributed by atoms with van der Waals surface area (Å²) in [5, 5.41) is 13.2. The Kier molecular flexibility index (Phi) is 7.28. The molecule has 0 aliphatic heterocycles. The third-order valence-corrected chi connectivity index (χ3v) is 4.35. The van der Waals surface area contributed by atoms with E-state index in [1.807, 2.05) is 0 Å². The molecule has 0 aliphatic rings. The summed E-state index contributed by atoms with van der Waals surface area (Å²) in [7, 11) is 0. The molecule has 19 heavy (non-hydrogen) atoms. The standard InChI is InChI=1S/C15H25IN2O/c1-4-18(5-2)11-10-17-15(3,12-19)13-6-8-14(16)9-7-13/h6-9,17,19H,4-5,10-12H2,1-3H3.